The minimum atomic E-state index is -1.02. The molecule has 0 aliphatic rings. The molecule has 0 aromatic heterocycles. The highest BCUT2D eigenvalue weighted by Gasteiger charge is 2.15. The average Bonchev–Trinajstić information content (AvgIpc) is 2.25. The quantitative estimate of drug-likeness (QED) is 0.374. The molecule has 0 saturated carbocycles. The summed E-state index contributed by atoms with van der Waals surface area (Å²) in [6, 6.07) is 0.403. The number of carbonyl (C=O) groups excluding carboxylic acids is 2. The van der Waals surface area contributed by atoms with Crippen molar-refractivity contribution in [2.45, 2.75) is 26.3 Å². The maximum absolute atomic E-state index is 11.4. The molecule has 0 fully saturated rings. The van der Waals surface area contributed by atoms with Gasteiger partial charge in [-0.05, 0) is 13.3 Å². The number of nitrogens with zero attached hydrogens (tertiary/aromatic N) is 1. The summed E-state index contributed by atoms with van der Waals surface area (Å²) in [4.78, 5) is 21.9. The molecule has 1 atom stereocenters. The monoisotopic (exact) mass is 240 g/mol. The van der Waals surface area contributed by atoms with E-state index >= 15 is 0 Å². The van der Waals surface area contributed by atoms with Gasteiger partial charge in [0, 0.05) is 11.7 Å². The van der Waals surface area contributed by atoms with Gasteiger partial charge in [-0.1, -0.05) is 6.92 Å². The van der Waals surface area contributed by atoms with E-state index in [0.29, 0.717) is 6.42 Å². The third kappa shape index (κ3) is 4.99. The highest BCUT2D eigenvalue weighted by atomic mass is 16.3. The molecule has 3 amide bonds. The number of amides is 3. The Morgan fingerprint density at radius 1 is 1.53 bits per heavy atom. The van der Waals surface area contributed by atoms with E-state index in [9.17, 15) is 9.59 Å². The summed E-state index contributed by atoms with van der Waals surface area (Å²) in [6.07, 6.45) is 0.629. The van der Waals surface area contributed by atoms with Crippen molar-refractivity contribution < 1.29 is 14.7 Å². The van der Waals surface area contributed by atoms with Gasteiger partial charge in [0.2, 0.25) is 0 Å². The zero-order valence-corrected chi connectivity index (χ0v) is 9.78. The van der Waals surface area contributed by atoms with E-state index in [4.69, 9.17) is 16.1 Å². The molecule has 5 N–H and O–H groups in total. The Morgan fingerprint density at radius 2 is 2.12 bits per heavy atom. The van der Waals surface area contributed by atoms with Crippen LogP contribution < -0.4 is 16.4 Å². The fourth-order valence-electron chi connectivity index (χ4n) is 1.13. The number of nitrogens with two attached hydrogens (primary N) is 1. The molecule has 0 rings (SSSR count). The average molecular weight is 240 g/mol. The van der Waals surface area contributed by atoms with E-state index in [1.807, 2.05) is 6.92 Å². The second-order valence-electron chi connectivity index (χ2n) is 3.36. The molecule has 0 aliphatic heterocycles. The Morgan fingerprint density at radius 3 is 2.47 bits per heavy atom. The Hall–Kier alpha value is -2.07. The van der Waals surface area contributed by atoms with Crippen LogP contribution in [0.1, 0.15) is 20.3 Å². The van der Waals surface area contributed by atoms with Gasteiger partial charge in [-0.25, -0.2) is 4.79 Å². The number of imide groups is 1. The molecule has 0 heterocycles. The van der Waals surface area contributed by atoms with Crippen molar-refractivity contribution in [3.05, 3.63) is 11.3 Å². The number of nitrogens with one attached hydrogen (secondary N) is 2. The number of hydrogen-bond acceptors (Lipinski definition) is 5. The third-order valence-electron chi connectivity index (χ3n) is 2.08. The Balaban J connectivity index is 4.88. The molecule has 0 saturated heterocycles. The number of nitriles is 1. The number of carbonyl (C=O) groups is 2. The highest BCUT2D eigenvalue weighted by molar-refractivity contribution is 6.06. The number of primary amides is 1. The number of aliphatic hydroxyl groups excluding tert-OH is 1. The Labute approximate surface area is 99.3 Å². The zero-order chi connectivity index (χ0) is 13.4. The highest BCUT2D eigenvalue weighted by Crippen LogP contribution is 2.03. The lowest BCUT2D eigenvalue weighted by molar-refractivity contribution is -0.116. The SMILES string of the molecule is CC[C@@H](CO)N/C(C)=C(/C#N)C(=O)NC(N)=O. The predicted molar refractivity (Wildman–Crippen MR) is 60.3 cm³/mol. The second-order valence-corrected chi connectivity index (χ2v) is 3.36. The van der Waals surface area contributed by atoms with Gasteiger partial charge in [0.25, 0.3) is 5.91 Å². The van der Waals surface area contributed by atoms with Gasteiger partial charge in [-0.3, -0.25) is 10.1 Å². The lowest BCUT2D eigenvalue weighted by Crippen LogP contribution is -2.38. The summed E-state index contributed by atoms with van der Waals surface area (Å²) in [7, 11) is 0. The van der Waals surface area contributed by atoms with Crippen LogP contribution in [0.2, 0.25) is 0 Å². The Bertz CT molecular complexity index is 366. The largest absolute Gasteiger partial charge is 0.394 e. The molecule has 0 bridgehead atoms. The zero-order valence-electron chi connectivity index (χ0n) is 9.78. The van der Waals surface area contributed by atoms with Gasteiger partial charge >= 0.3 is 6.03 Å². The summed E-state index contributed by atoms with van der Waals surface area (Å²) in [6.45, 7) is 3.23. The molecule has 0 spiro atoms. The van der Waals surface area contributed by atoms with E-state index in [1.165, 1.54) is 6.92 Å². The fourth-order valence-corrected chi connectivity index (χ4v) is 1.13. The van der Waals surface area contributed by atoms with Crippen molar-refractivity contribution in [3.63, 3.8) is 0 Å². The van der Waals surface area contributed by atoms with Crippen LogP contribution in [0.25, 0.3) is 0 Å². The van der Waals surface area contributed by atoms with Crippen molar-refractivity contribution in [3.8, 4) is 6.07 Å². The van der Waals surface area contributed by atoms with E-state index in [-0.39, 0.29) is 23.9 Å². The van der Waals surface area contributed by atoms with Gasteiger partial charge in [0.1, 0.15) is 11.6 Å². The number of allylic oxidation sites excluding steroid dienone is 1. The van der Waals surface area contributed by atoms with Crippen LogP contribution in [0, 0.1) is 11.3 Å². The fraction of sp³-hybridized carbons (Fsp3) is 0.500. The molecule has 0 radical (unpaired) electrons. The number of aliphatic hydroxyl groups is 1. The molecule has 17 heavy (non-hydrogen) atoms. The van der Waals surface area contributed by atoms with E-state index in [2.05, 4.69) is 5.32 Å². The maximum atomic E-state index is 11.4. The Kier molecular flexibility index (Phi) is 6.36. The minimum absolute atomic E-state index is 0.121. The molecule has 0 unspecified atom stereocenters. The van der Waals surface area contributed by atoms with Crippen LogP contribution in [0.3, 0.4) is 0 Å². The van der Waals surface area contributed by atoms with Crippen LogP contribution in [0.15, 0.2) is 11.3 Å². The van der Waals surface area contributed by atoms with Gasteiger partial charge in [0.05, 0.1) is 6.61 Å². The molecular weight excluding hydrogens is 224 g/mol. The third-order valence-corrected chi connectivity index (χ3v) is 2.08. The molecule has 94 valence electrons. The van der Waals surface area contributed by atoms with Crippen LogP contribution in [-0.2, 0) is 4.79 Å². The topological polar surface area (TPSA) is 128 Å². The van der Waals surface area contributed by atoms with Crippen LogP contribution >= 0.6 is 0 Å². The summed E-state index contributed by atoms with van der Waals surface area (Å²) >= 11 is 0. The molecular formula is C10H16N4O3. The van der Waals surface area contributed by atoms with Crippen molar-refractivity contribution in [1.29, 1.82) is 5.26 Å². The first-order chi connectivity index (χ1) is 7.96. The van der Waals surface area contributed by atoms with E-state index in [1.54, 1.807) is 11.4 Å². The normalized spacial score (nSPS) is 13.1. The van der Waals surface area contributed by atoms with Crippen LogP contribution in [0.5, 0.6) is 0 Å². The minimum Gasteiger partial charge on any atom is -0.394 e. The summed E-state index contributed by atoms with van der Waals surface area (Å²) < 4.78 is 0. The van der Waals surface area contributed by atoms with Gasteiger partial charge in [-0.15, -0.1) is 0 Å². The second kappa shape index (κ2) is 7.24. The van der Waals surface area contributed by atoms with Crippen molar-refractivity contribution >= 4 is 11.9 Å². The summed E-state index contributed by atoms with van der Waals surface area (Å²) in [5.41, 5.74) is 4.82. The van der Waals surface area contributed by atoms with E-state index in [0.717, 1.165) is 0 Å². The van der Waals surface area contributed by atoms with Crippen molar-refractivity contribution in [2.75, 3.05) is 6.61 Å². The van der Waals surface area contributed by atoms with Crippen LogP contribution in [-0.4, -0.2) is 29.7 Å². The first kappa shape index (κ1) is 14.9. The first-order valence-electron chi connectivity index (χ1n) is 5.05. The summed E-state index contributed by atoms with van der Waals surface area (Å²) in [5.74, 6) is -0.863. The lowest BCUT2D eigenvalue weighted by Gasteiger charge is -2.16. The number of rotatable bonds is 5. The molecule has 7 nitrogen and oxygen atoms in total. The molecule has 0 aromatic carbocycles. The van der Waals surface area contributed by atoms with Crippen LogP contribution in [0.4, 0.5) is 4.79 Å². The summed E-state index contributed by atoms with van der Waals surface area (Å²) in [5, 5.41) is 22.4. The number of hydrogen-bond donors (Lipinski definition) is 4. The molecule has 0 aliphatic carbocycles. The lowest BCUT2D eigenvalue weighted by atomic mass is 10.1. The van der Waals surface area contributed by atoms with Crippen molar-refractivity contribution in [2.24, 2.45) is 5.73 Å². The van der Waals surface area contributed by atoms with Gasteiger partial charge in [0.15, 0.2) is 0 Å². The number of urea groups is 1. The predicted octanol–water partition coefficient (Wildman–Crippen LogP) is -0.661. The molecule has 0 aromatic rings. The first-order valence-corrected chi connectivity index (χ1v) is 5.05. The standard InChI is InChI=1S/C10H16N4O3/c1-3-7(5-15)13-6(2)8(4-11)9(16)14-10(12)17/h7,13,15H,3,5H2,1-2H3,(H3,12,14,16,17)/b8-6-/t7-/m0/s1. The van der Waals surface area contributed by atoms with Gasteiger partial charge < -0.3 is 16.2 Å². The van der Waals surface area contributed by atoms with Gasteiger partial charge in [-0.2, -0.15) is 5.26 Å². The van der Waals surface area contributed by atoms with E-state index < -0.39 is 11.9 Å². The molecule has 7 heteroatoms. The van der Waals surface area contributed by atoms with Crippen molar-refractivity contribution in [1.82, 2.24) is 10.6 Å². The smallest absolute Gasteiger partial charge is 0.319 e. The maximum Gasteiger partial charge on any atom is 0.319 e.